The molecule has 0 bridgehead atoms. The molecule has 1 fully saturated rings. The molecule has 2 amide bonds. The fourth-order valence-corrected chi connectivity index (χ4v) is 1.91. The van der Waals surface area contributed by atoms with Crippen LogP contribution in [-0.4, -0.2) is 37.6 Å². The molecule has 1 atom stereocenters. The summed E-state index contributed by atoms with van der Waals surface area (Å²) in [6.45, 7) is 4.95. The molecule has 0 aromatic carbocycles. The van der Waals surface area contributed by atoms with E-state index in [9.17, 15) is 14.9 Å². The quantitative estimate of drug-likeness (QED) is 0.751. The van der Waals surface area contributed by atoms with Crippen LogP contribution in [0.4, 0.5) is 0 Å². The average Bonchev–Trinajstić information content (AvgIpc) is 2.45. The van der Waals surface area contributed by atoms with Crippen molar-refractivity contribution in [1.82, 2.24) is 10.6 Å². The fraction of sp³-hybridized carbons (Fsp3) is 0.769. The maximum Gasteiger partial charge on any atom is 0.242 e. The van der Waals surface area contributed by atoms with Crippen LogP contribution in [-0.2, 0) is 14.3 Å². The zero-order valence-corrected chi connectivity index (χ0v) is 11.5. The van der Waals surface area contributed by atoms with Crippen LogP contribution in [0.3, 0.4) is 0 Å². The van der Waals surface area contributed by atoms with Gasteiger partial charge in [0, 0.05) is 19.8 Å². The number of carbonyl (C=O) groups excluding carboxylic acids is 2. The molecule has 0 spiro atoms. The summed E-state index contributed by atoms with van der Waals surface area (Å²) in [6, 6.07) is 1.45. The van der Waals surface area contributed by atoms with Gasteiger partial charge in [0.15, 0.2) is 0 Å². The SMILES string of the molecule is CCCNC(=O)C(C)NC(=O)C1(C#N)CCOCC1. The molecule has 106 valence electrons. The Labute approximate surface area is 113 Å². The molecule has 1 saturated heterocycles. The number of nitriles is 1. The number of hydrogen-bond donors (Lipinski definition) is 2. The van der Waals surface area contributed by atoms with E-state index >= 15 is 0 Å². The molecule has 0 aromatic rings. The van der Waals surface area contributed by atoms with E-state index in [-0.39, 0.29) is 11.8 Å². The lowest BCUT2D eigenvalue weighted by Crippen LogP contribution is -2.51. The van der Waals surface area contributed by atoms with Gasteiger partial charge in [0.2, 0.25) is 11.8 Å². The minimum atomic E-state index is -1.06. The Balaban J connectivity index is 2.57. The molecule has 1 rings (SSSR count). The third-order valence-electron chi connectivity index (χ3n) is 3.29. The first-order chi connectivity index (χ1) is 9.05. The first kappa shape index (κ1) is 15.4. The maximum absolute atomic E-state index is 12.2. The fourth-order valence-electron chi connectivity index (χ4n) is 1.91. The van der Waals surface area contributed by atoms with E-state index in [0.29, 0.717) is 32.6 Å². The first-order valence-electron chi connectivity index (χ1n) is 6.63. The van der Waals surface area contributed by atoms with E-state index < -0.39 is 11.5 Å². The van der Waals surface area contributed by atoms with Crippen LogP contribution in [0.2, 0.25) is 0 Å². The van der Waals surface area contributed by atoms with Crippen molar-refractivity contribution in [1.29, 1.82) is 5.26 Å². The van der Waals surface area contributed by atoms with Crippen molar-refractivity contribution in [3.63, 3.8) is 0 Å². The van der Waals surface area contributed by atoms with Crippen LogP contribution in [0.5, 0.6) is 0 Å². The molecule has 6 nitrogen and oxygen atoms in total. The van der Waals surface area contributed by atoms with Gasteiger partial charge < -0.3 is 15.4 Å². The summed E-state index contributed by atoms with van der Waals surface area (Å²) in [4.78, 5) is 23.9. The number of rotatable bonds is 5. The number of hydrogen-bond acceptors (Lipinski definition) is 4. The van der Waals surface area contributed by atoms with Crippen molar-refractivity contribution < 1.29 is 14.3 Å². The molecule has 0 aliphatic carbocycles. The highest BCUT2D eigenvalue weighted by Crippen LogP contribution is 2.29. The largest absolute Gasteiger partial charge is 0.381 e. The van der Waals surface area contributed by atoms with Gasteiger partial charge in [-0.3, -0.25) is 9.59 Å². The van der Waals surface area contributed by atoms with E-state index in [2.05, 4.69) is 16.7 Å². The summed E-state index contributed by atoms with van der Waals surface area (Å²) in [7, 11) is 0. The highest BCUT2D eigenvalue weighted by molar-refractivity contribution is 5.91. The molecule has 0 aromatic heterocycles. The molecular weight excluding hydrogens is 246 g/mol. The second kappa shape index (κ2) is 7.10. The Morgan fingerprint density at radius 3 is 2.58 bits per heavy atom. The van der Waals surface area contributed by atoms with Crippen molar-refractivity contribution in [2.75, 3.05) is 19.8 Å². The van der Waals surface area contributed by atoms with E-state index in [4.69, 9.17) is 4.74 Å². The molecule has 2 N–H and O–H groups in total. The van der Waals surface area contributed by atoms with E-state index in [0.717, 1.165) is 6.42 Å². The van der Waals surface area contributed by atoms with Gasteiger partial charge >= 0.3 is 0 Å². The van der Waals surface area contributed by atoms with Crippen LogP contribution >= 0.6 is 0 Å². The van der Waals surface area contributed by atoms with Crippen LogP contribution in [0.25, 0.3) is 0 Å². The lowest BCUT2D eigenvalue weighted by atomic mass is 9.80. The molecule has 19 heavy (non-hydrogen) atoms. The van der Waals surface area contributed by atoms with Gasteiger partial charge in [-0.25, -0.2) is 0 Å². The Morgan fingerprint density at radius 2 is 2.05 bits per heavy atom. The van der Waals surface area contributed by atoms with Gasteiger partial charge in [-0.05, 0) is 26.2 Å². The van der Waals surface area contributed by atoms with Gasteiger partial charge in [0.05, 0.1) is 6.07 Å². The summed E-state index contributed by atoms with van der Waals surface area (Å²) >= 11 is 0. The molecular formula is C13H21N3O3. The number of nitrogens with zero attached hydrogens (tertiary/aromatic N) is 1. The van der Waals surface area contributed by atoms with Gasteiger partial charge in [-0.1, -0.05) is 6.92 Å². The Hall–Kier alpha value is -1.61. The second-order valence-corrected chi connectivity index (χ2v) is 4.79. The summed E-state index contributed by atoms with van der Waals surface area (Å²) in [5.74, 6) is -0.604. The topological polar surface area (TPSA) is 91.2 Å². The normalized spacial score (nSPS) is 19.0. The smallest absolute Gasteiger partial charge is 0.242 e. The van der Waals surface area contributed by atoms with Crippen LogP contribution in [0, 0.1) is 16.7 Å². The molecule has 0 radical (unpaired) electrons. The van der Waals surface area contributed by atoms with Crippen molar-refractivity contribution in [3.05, 3.63) is 0 Å². The average molecular weight is 267 g/mol. The second-order valence-electron chi connectivity index (χ2n) is 4.79. The Kier molecular flexibility index (Phi) is 5.77. The van der Waals surface area contributed by atoms with Crippen molar-refractivity contribution in [2.45, 2.75) is 39.2 Å². The summed E-state index contributed by atoms with van der Waals surface area (Å²) in [6.07, 6.45) is 1.59. The number of ether oxygens (including phenoxy) is 1. The van der Waals surface area contributed by atoms with E-state index in [1.165, 1.54) is 0 Å². The molecule has 1 aliphatic rings. The van der Waals surface area contributed by atoms with Crippen LogP contribution < -0.4 is 10.6 Å². The number of nitrogens with one attached hydrogen (secondary N) is 2. The monoisotopic (exact) mass is 267 g/mol. The van der Waals surface area contributed by atoms with Gasteiger partial charge in [-0.15, -0.1) is 0 Å². The molecule has 0 saturated carbocycles. The minimum absolute atomic E-state index is 0.227. The van der Waals surface area contributed by atoms with Gasteiger partial charge in [-0.2, -0.15) is 5.26 Å². The molecule has 1 aliphatic heterocycles. The summed E-state index contributed by atoms with van der Waals surface area (Å²) in [5.41, 5.74) is -1.06. The Morgan fingerprint density at radius 1 is 1.42 bits per heavy atom. The van der Waals surface area contributed by atoms with Crippen molar-refractivity contribution >= 4 is 11.8 Å². The van der Waals surface area contributed by atoms with Crippen molar-refractivity contribution in [3.8, 4) is 6.07 Å². The highest BCUT2D eigenvalue weighted by atomic mass is 16.5. The van der Waals surface area contributed by atoms with E-state index in [1.54, 1.807) is 6.92 Å². The van der Waals surface area contributed by atoms with Gasteiger partial charge in [0.25, 0.3) is 0 Å². The Bertz CT molecular complexity index is 370. The van der Waals surface area contributed by atoms with Crippen LogP contribution in [0.15, 0.2) is 0 Å². The first-order valence-corrected chi connectivity index (χ1v) is 6.63. The molecule has 1 unspecified atom stereocenters. The predicted octanol–water partition coefficient (Wildman–Crippen LogP) is 0.338. The maximum atomic E-state index is 12.2. The lowest BCUT2D eigenvalue weighted by molar-refractivity contribution is -0.136. The summed E-state index contributed by atoms with van der Waals surface area (Å²) < 4.78 is 5.17. The van der Waals surface area contributed by atoms with Crippen molar-refractivity contribution in [2.24, 2.45) is 5.41 Å². The zero-order valence-electron chi connectivity index (χ0n) is 11.5. The predicted molar refractivity (Wildman–Crippen MR) is 69.0 cm³/mol. The molecule has 6 heteroatoms. The van der Waals surface area contributed by atoms with E-state index in [1.807, 2.05) is 6.92 Å². The standard InChI is InChI=1S/C13H21N3O3/c1-3-6-15-11(17)10(2)16-12(18)13(9-14)4-7-19-8-5-13/h10H,3-8H2,1-2H3,(H,15,17)(H,16,18). The minimum Gasteiger partial charge on any atom is -0.381 e. The van der Waals surface area contributed by atoms with Gasteiger partial charge in [0.1, 0.15) is 11.5 Å². The number of carbonyl (C=O) groups is 2. The number of amides is 2. The third-order valence-corrected chi connectivity index (χ3v) is 3.29. The highest BCUT2D eigenvalue weighted by Gasteiger charge is 2.41. The lowest BCUT2D eigenvalue weighted by Gasteiger charge is -2.30. The molecule has 1 heterocycles. The summed E-state index contributed by atoms with van der Waals surface area (Å²) in [5, 5.41) is 14.6. The third kappa shape index (κ3) is 3.93. The zero-order chi connectivity index (χ0) is 14.3. The van der Waals surface area contributed by atoms with Crippen LogP contribution in [0.1, 0.15) is 33.1 Å².